The van der Waals surface area contributed by atoms with Crippen LogP contribution in [-0.2, 0) is 10.0 Å². The van der Waals surface area contributed by atoms with Crippen LogP contribution < -0.4 is 10.5 Å². The molecule has 0 unspecified atom stereocenters. The monoisotopic (exact) mass is 330 g/mol. The first-order chi connectivity index (χ1) is 10.8. The Kier molecular flexibility index (Phi) is 3.63. The van der Waals surface area contributed by atoms with E-state index in [0.29, 0.717) is 17.2 Å². The van der Waals surface area contributed by atoms with Crippen LogP contribution in [0.2, 0.25) is 0 Å². The summed E-state index contributed by atoms with van der Waals surface area (Å²) in [5.41, 5.74) is 2.00. The van der Waals surface area contributed by atoms with E-state index in [2.05, 4.69) is 15.3 Å². The van der Waals surface area contributed by atoms with Crippen LogP contribution in [0, 0.1) is 6.92 Å². The normalized spacial score (nSPS) is 11.6. The van der Waals surface area contributed by atoms with Gasteiger partial charge in [0.1, 0.15) is 5.75 Å². The summed E-state index contributed by atoms with van der Waals surface area (Å²) in [6.45, 7) is 1.84. The van der Waals surface area contributed by atoms with Gasteiger partial charge in [-0.15, -0.1) is 0 Å². The Morgan fingerprint density at radius 2 is 1.78 bits per heavy atom. The highest BCUT2D eigenvalue weighted by atomic mass is 32.2. The molecule has 7 nitrogen and oxygen atoms in total. The van der Waals surface area contributed by atoms with Gasteiger partial charge >= 0.3 is 0 Å². The van der Waals surface area contributed by atoms with E-state index in [1.54, 1.807) is 30.3 Å². The van der Waals surface area contributed by atoms with Crippen molar-refractivity contribution in [3.05, 3.63) is 48.2 Å². The van der Waals surface area contributed by atoms with Crippen molar-refractivity contribution in [2.75, 3.05) is 5.32 Å². The van der Waals surface area contributed by atoms with E-state index in [1.165, 1.54) is 12.1 Å². The summed E-state index contributed by atoms with van der Waals surface area (Å²) in [6.07, 6.45) is 0. The van der Waals surface area contributed by atoms with Crippen molar-refractivity contribution in [1.29, 1.82) is 0 Å². The molecule has 0 aliphatic heterocycles. The number of aromatic nitrogens is 2. The molecule has 0 fully saturated rings. The molecule has 3 aromatic rings. The Bertz CT molecular complexity index is 986. The molecule has 0 amide bonds. The third-order valence-electron chi connectivity index (χ3n) is 3.31. The number of sulfonamides is 1. The molecule has 2 aromatic carbocycles. The van der Waals surface area contributed by atoms with Crippen LogP contribution in [0.3, 0.4) is 0 Å². The average Bonchev–Trinajstić information content (AvgIpc) is 2.46. The van der Waals surface area contributed by atoms with Crippen LogP contribution in [-0.4, -0.2) is 23.5 Å². The number of fused-ring (bicyclic) bond motifs is 1. The van der Waals surface area contributed by atoms with Gasteiger partial charge in [0, 0.05) is 17.1 Å². The molecule has 0 spiro atoms. The second kappa shape index (κ2) is 5.49. The van der Waals surface area contributed by atoms with Crippen LogP contribution >= 0.6 is 0 Å². The minimum atomic E-state index is -3.72. The molecule has 118 valence electrons. The highest BCUT2D eigenvalue weighted by Crippen LogP contribution is 2.23. The van der Waals surface area contributed by atoms with E-state index in [-0.39, 0.29) is 10.6 Å². The highest BCUT2D eigenvalue weighted by Gasteiger charge is 2.08. The molecule has 0 radical (unpaired) electrons. The molecule has 0 aliphatic carbocycles. The minimum Gasteiger partial charge on any atom is -0.508 e. The molecule has 1 heterocycles. The average molecular weight is 330 g/mol. The summed E-state index contributed by atoms with van der Waals surface area (Å²) in [5.74, 6) is 0.475. The maximum absolute atomic E-state index is 11.2. The number of nitrogens with zero attached hydrogens (tertiary/aromatic N) is 2. The van der Waals surface area contributed by atoms with E-state index in [0.717, 1.165) is 11.1 Å². The quantitative estimate of drug-likeness (QED) is 0.676. The first-order valence-electron chi connectivity index (χ1n) is 6.70. The predicted molar refractivity (Wildman–Crippen MR) is 87.0 cm³/mol. The van der Waals surface area contributed by atoms with Crippen molar-refractivity contribution in [2.45, 2.75) is 11.8 Å². The molecular formula is C15H14N4O3S. The number of phenolic OH excluding ortho intramolecular Hbond substituents is 1. The predicted octanol–water partition coefficient (Wildman–Crippen LogP) is 2.03. The van der Waals surface area contributed by atoms with Gasteiger partial charge in [-0.3, -0.25) is 0 Å². The Labute approximate surface area is 132 Å². The Balaban J connectivity index is 1.95. The van der Waals surface area contributed by atoms with Crippen LogP contribution in [0.5, 0.6) is 5.75 Å². The second-order valence-corrected chi connectivity index (χ2v) is 6.59. The van der Waals surface area contributed by atoms with Gasteiger partial charge in [0.05, 0.1) is 16.1 Å². The molecule has 0 atom stereocenters. The summed E-state index contributed by atoms with van der Waals surface area (Å²) in [5, 5.41) is 18.5. The summed E-state index contributed by atoms with van der Waals surface area (Å²) < 4.78 is 22.5. The van der Waals surface area contributed by atoms with E-state index in [1.807, 2.05) is 6.92 Å². The number of aryl methyl sites for hydroxylation is 1. The smallest absolute Gasteiger partial charge is 0.238 e. The maximum Gasteiger partial charge on any atom is 0.238 e. The van der Waals surface area contributed by atoms with Crippen molar-refractivity contribution in [2.24, 2.45) is 5.14 Å². The van der Waals surface area contributed by atoms with E-state index >= 15 is 0 Å². The van der Waals surface area contributed by atoms with Gasteiger partial charge in [-0.05, 0) is 43.3 Å². The first kappa shape index (κ1) is 15.2. The summed E-state index contributed by atoms with van der Waals surface area (Å²) >= 11 is 0. The maximum atomic E-state index is 11.2. The fourth-order valence-corrected chi connectivity index (χ4v) is 2.71. The van der Waals surface area contributed by atoms with Crippen LogP contribution in [0.15, 0.2) is 47.4 Å². The second-order valence-electron chi connectivity index (χ2n) is 5.03. The number of hydrogen-bond acceptors (Lipinski definition) is 6. The molecule has 0 bridgehead atoms. The standard InChI is InChI=1S/C15H14N4O3S/c1-9-13-7-4-11(20)8-14(13)19-15(17-9)18-10-2-5-12(6-3-10)23(16,21)22/h2-8,20H,1H3,(H2,16,21,22)(H,17,18,19). The number of hydrogen-bond donors (Lipinski definition) is 3. The van der Waals surface area contributed by atoms with Gasteiger partial charge in [-0.2, -0.15) is 0 Å². The minimum absolute atomic E-state index is 0.0311. The van der Waals surface area contributed by atoms with Crippen molar-refractivity contribution in [3.8, 4) is 5.75 Å². The molecule has 1 aromatic heterocycles. The lowest BCUT2D eigenvalue weighted by atomic mass is 10.2. The van der Waals surface area contributed by atoms with Gasteiger partial charge in [-0.1, -0.05) is 0 Å². The summed E-state index contributed by atoms with van der Waals surface area (Å²) in [4.78, 5) is 8.72. The fraction of sp³-hybridized carbons (Fsp3) is 0.0667. The van der Waals surface area contributed by atoms with Crippen LogP contribution in [0.25, 0.3) is 10.9 Å². The lowest BCUT2D eigenvalue weighted by Gasteiger charge is -2.08. The third-order valence-corrected chi connectivity index (χ3v) is 4.24. The number of nitrogens with two attached hydrogens (primary N) is 1. The first-order valence-corrected chi connectivity index (χ1v) is 8.25. The number of nitrogens with one attached hydrogen (secondary N) is 1. The van der Waals surface area contributed by atoms with E-state index < -0.39 is 10.0 Å². The number of anilines is 2. The highest BCUT2D eigenvalue weighted by molar-refractivity contribution is 7.89. The van der Waals surface area contributed by atoms with Crippen molar-refractivity contribution < 1.29 is 13.5 Å². The van der Waals surface area contributed by atoms with Gasteiger partial charge in [0.2, 0.25) is 16.0 Å². The van der Waals surface area contributed by atoms with Gasteiger partial charge in [0.15, 0.2) is 0 Å². The molecule has 4 N–H and O–H groups in total. The van der Waals surface area contributed by atoms with Crippen LogP contribution in [0.4, 0.5) is 11.6 Å². The zero-order chi connectivity index (χ0) is 16.6. The lowest BCUT2D eigenvalue weighted by Crippen LogP contribution is -2.11. The summed E-state index contributed by atoms with van der Waals surface area (Å²) in [6, 6.07) is 10.8. The summed E-state index contributed by atoms with van der Waals surface area (Å²) in [7, 11) is -3.72. The zero-order valence-corrected chi connectivity index (χ0v) is 13.0. The lowest BCUT2D eigenvalue weighted by molar-refractivity contribution is 0.476. The molecule has 0 saturated carbocycles. The van der Waals surface area contributed by atoms with Crippen molar-refractivity contribution in [3.63, 3.8) is 0 Å². The molecule has 3 rings (SSSR count). The number of rotatable bonds is 3. The fourth-order valence-electron chi connectivity index (χ4n) is 2.19. The molecule has 8 heteroatoms. The number of primary sulfonamides is 1. The van der Waals surface area contributed by atoms with Gasteiger partial charge in [-0.25, -0.2) is 23.5 Å². The van der Waals surface area contributed by atoms with E-state index in [9.17, 15) is 13.5 Å². The number of aromatic hydroxyl groups is 1. The Morgan fingerprint density at radius 3 is 2.43 bits per heavy atom. The van der Waals surface area contributed by atoms with Crippen molar-refractivity contribution >= 4 is 32.6 Å². The molecule has 0 saturated heterocycles. The topological polar surface area (TPSA) is 118 Å². The number of benzene rings is 2. The molecule has 23 heavy (non-hydrogen) atoms. The molecule has 0 aliphatic rings. The molecular weight excluding hydrogens is 316 g/mol. The van der Waals surface area contributed by atoms with Gasteiger partial charge in [0.25, 0.3) is 0 Å². The third kappa shape index (κ3) is 3.22. The van der Waals surface area contributed by atoms with Crippen LogP contribution in [0.1, 0.15) is 5.69 Å². The zero-order valence-electron chi connectivity index (χ0n) is 12.2. The largest absolute Gasteiger partial charge is 0.508 e. The Morgan fingerprint density at radius 1 is 1.09 bits per heavy atom. The Hall–Kier alpha value is -2.71. The van der Waals surface area contributed by atoms with Gasteiger partial charge < -0.3 is 10.4 Å². The van der Waals surface area contributed by atoms with Crippen molar-refractivity contribution in [1.82, 2.24) is 9.97 Å². The van der Waals surface area contributed by atoms with E-state index in [4.69, 9.17) is 5.14 Å². The number of phenols is 1. The SMILES string of the molecule is Cc1nc(Nc2ccc(S(N)(=O)=O)cc2)nc2cc(O)ccc12.